The Morgan fingerprint density at radius 1 is 1.35 bits per heavy atom. The van der Waals surface area contributed by atoms with Gasteiger partial charge in [-0.15, -0.1) is 0 Å². The van der Waals surface area contributed by atoms with Gasteiger partial charge in [0, 0.05) is 16.1 Å². The van der Waals surface area contributed by atoms with Crippen molar-refractivity contribution in [3.8, 4) is 0 Å². The first-order valence-electron chi connectivity index (χ1n) is 4.88. The molecule has 2 rings (SSSR count). The van der Waals surface area contributed by atoms with E-state index in [1.54, 1.807) is 6.20 Å². The molecule has 1 N–H and O–H groups in total. The number of pyridine rings is 1. The van der Waals surface area contributed by atoms with Crippen LogP contribution in [0.1, 0.15) is 5.56 Å². The summed E-state index contributed by atoms with van der Waals surface area (Å²) in [6, 6.07) is 9.39. The van der Waals surface area contributed by atoms with E-state index in [9.17, 15) is 0 Å². The summed E-state index contributed by atoms with van der Waals surface area (Å²) in [4.78, 5) is 5.26. The molecular formula is C12H9BrClNOS. The molecule has 2 nitrogen and oxygen atoms in total. The van der Waals surface area contributed by atoms with Crippen LogP contribution >= 0.6 is 39.3 Å². The highest BCUT2D eigenvalue weighted by Gasteiger charge is 2.05. The minimum Gasteiger partial charge on any atom is -0.392 e. The van der Waals surface area contributed by atoms with Gasteiger partial charge in [-0.05, 0) is 45.8 Å². The Bertz CT molecular complexity index is 536. The lowest BCUT2D eigenvalue weighted by atomic mass is 10.2. The summed E-state index contributed by atoms with van der Waals surface area (Å²) in [7, 11) is 0. The van der Waals surface area contributed by atoms with Gasteiger partial charge in [0.15, 0.2) is 0 Å². The maximum absolute atomic E-state index is 9.03. The highest BCUT2D eigenvalue weighted by atomic mass is 79.9. The Hall–Kier alpha value is -0.550. The zero-order valence-electron chi connectivity index (χ0n) is 8.73. The molecular weight excluding hydrogens is 322 g/mol. The fourth-order valence-electron chi connectivity index (χ4n) is 1.28. The van der Waals surface area contributed by atoms with Crippen LogP contribution in [0.25, 0.3) is 0 Å². The van der Waals surface area contributed by atoms with Crippen molar-refractivity contribution < 1.29 is 5.11 Å². The molecule has 5 heteroatoms. The van der Waals surface area contributed by atoms with Crippen molar-refractivity contribution in [1.29, 1.82) is 0 Å². The zero-order chi connectivity index (χ0) is 12.3. The summed E-state index contributed by atoms with van der Waals surface area (Å²) in [5.41, 5.74) is 0.733. The van der Waals surface area contributed by atoms with Gasteiger partial charge in [0.2, 0.25) is 0 Å². The van der Waals surface area contributed by atoms with Crippen LogP contribution in [0.15, 0.2) is 50.9 Å². The van der Waals surface area contributed by atoms with Gasteiger partial charge in [-0.3, -0.25) is 0 Å². The normalized spacial score (nSPS) is 10.5. The van der Waals surface area contributed by atoms with Gasteiger partial charge in [-0.25, -0.2) is 4.98 Å². The van der Waals surface area contributed by atoms with Crippen LogP contribution in [-0.4, -0.2) is 10.1 Å². The summed E-state index contributed by atoms with van der Waals surface area (Å²) in [6.07, 6.45) is 1.75. The van der Waals surface area contributed by atoms with Gasteiger partial charge in [0.05, 0.1) is 11.1 Å². The summed E-state index contributed by atoms with van der Waals surface area (Å²) < 4.78 is 0.951. The Morgan fingerprint density at radius 2 is 2.18 bits per heavy atom. The van der Waals surface area contributed by atoms with Crippen LogP contribution in [0.5, 0.6) is 0 Å². The predicted molar refractivity (Wildman–Crippen MR) is 73.4 cm³/mol. The third-order valence-electron chi connectivity index (χ3n) is 2.13. The molecule has 0 saturated carbocycles. The van der Waals surface area contributed by atoms with Crippen LogP contribution in [0.4, 0.5) is 0 Å². The molecule has 0 atom stereocenters. The SMILES string of the molecule is OCc1ccc(Sc2ncccc2Br)cc1Cl. The average Bonchev–Trinajstić information content (AvgIpc) is 2.32. The Kier molecular flexibility index (Phi) is 4.45. The van der Waals surface area contributed by atoms with Crippen molar-refractivity contribution >= 4 is 39.3 Å². The molecule has 0 aliphatic rings. The van der Waals surface area contributed by atoms with Crippen molar-refractivity contribution in [3.05, 3.63) is 51.6 Å². The van der Waals surface area contributed by atoms with E-state index in [0.717, 1.165) is 20.0 Å². The zero-order valence-corrected chi connectivity index (χ0v) is 11.9. The maximum atomic E-state index is 9.03. The van der Waals surface area contributed by atoms with Gasteiger partial charge in [-0.1, -0.05) is 29.4 Å². The predicted octanol–water partition coefficient (Wildman–Crippen LogP) is 4.14. The van der Waals surface area contributed by atoms with E-state index < -0.39 is 0 Å². The Labute approximate surface area is 117 Å². The molecule has 0 saturated heterocycles. The van der Waals surface area contributed by atoms with E-state index in [1.165, 1.54) is 11.8 Å². The molecule has 1 aromatic heterocycles. The smallest absolute Gasteiger partial charge is 0.115 e. The second kappa shape index (κ2) is 5.87. The van der Waals surface area contributed by atoms with Crippen molar-refractivity contribution in [2.45, 2.75) is 16.5 Å². The number of benzene rings is 1. The van der Waals surface area contributed by atoms with Crippen molar-refractivity contribution in [3.63, 3.8) is 0 Å². The molecule has 0 bridgehead atoms. The van der Waals surface area contributed by atoms with E-state index >= 15 is 0 Å². The molecule has 0 radical (unpaired) electrons. The highest BCUT2D eigenvalue weighted by molar-refractivity contribution is 9.10. The number of halogens is 2. The molecule has 88 valence electrons. The molecule has 2 aromatic rings. The first kappa shape index (κ1) is 12.9. The number of rotatable bonds is 3. The number of aromatic nitrogens is 1. The molecule has 0 aliphatic carbocycles. The second-order valence-corrected chi connectivity index (χ2v) is 5.63. The van der Waals surface area contributed by atoms with Crippen molar-refractivity contribution in [2.24, 2.45) is 0 Å². The third-order valence-corrected chi connectivity index (χ3v) is 4.40. The van der Waals surface area contributed by atoms with Crippen LogP contribution in [0, 0.1) is 0 Å². The van der Waals surface area contributed by atoms with Crippen LogP contribution in [0.3, 0.4) is 0 Å². The van der Waals surface area contributed by atoms with E-state index in [2.05, 4.69) is 20.9 Å². The Balaban J connectivity index is 2.25. The fraction of sp³-hybridized carbons (Fsp3) is 0.0833. The standard InChI is InChI=1S/C12H9BrClNOS/c13-10-2-1-5-15-12(10)17-9-4-3-8(7-16)11(14)6-9/h1-6,16H,7H2. The quantitative estimate of drug-likeness (QED) is 0.918. The molecule has 17 heavy (non-hydrogen) atoms. The summed E-state index contributed by atoms with van der Waals surface area (Å²) in [5, 5.41) is 10.5. The van der Waals surface area contributed by atoms with E-state index in [4.69, 9.17) is 16.7 Å². The van der Waals surface area contributed by atoms with Gasteiger partial charge in [0.25, 0.3) is 0 Å². The van der Waals surface area contributed by atoms with Crippen LogP contribution < -0.4 is 0 Å². The lowest BCUT2D eigenvalue weighted by molar-refractivity contribution is 0.282. The monoisotopic (exact) mass is 329 g/mol. The molecule has 1 aromatic carbocycles. The van der Waals surface area contributed by atoms with Crippen LogP contribution in [-0.2, 0) is 6.61 Å². The molecule has 0 aliphatic heterocycles. The molecule has 0 amide bonds. The van der Waals surface area contributed by atoms with Crippen molar-refractivity contribution in [2.75, 3.05) is 0 Å². The maximum Gasteiger partial charge on any atom is 0.115 e. The third kappa shape index (κ3) is 3.22. The summed E-state index contributed by atoms with van der Waals surface area (Å²) >= 11 is 11.0. The molecule has 1 heterocycles. The lowest BCUT2D eigenvalue weighted by Crippen LogP contribution is -1.86. The number of aliphatic hydroxyl groups is 1. The number of hydrogen-bond donors (Lipinski definition) is 1. The van der Waals surface area contributed by atoms with Gasteiger partial charge in [-0.2, -0.15) is 0 Å². The minimum atomic E-state index is -0.0446. The summed E-state index contributed by atoms with van der Waals surface area (Å²) in [5.74, 6) is 0. The largest absolute Gasteiger partial charge is 0.392 e. The van der Waals surface area contributed by atoms with Gasteiger partial charge in [0.1, 0.15) is 5.03 Å². The van der Waals surface area contributed by atoms with Crippen LogP contribution in [0.2, 0.25) is 5.02 Å². The lowest BCUT2D eigenvalue weighted by Gasteiger charge is -2.05. The highest BCUT2D eigenvalue weighted by Crippen LogP contribution is 2.33. The summed E-state index contributed by atoms with van der Waals surface area (Å²) in [6.45, 7) is -0.0446. The van der Waals surface area contributed by atoms with E-state index in [-0.39, 0.29) is 6.61 Å². The van der Waals surface area contributed by atoms with E-state index in [1.807, 2.05) is 30.3 Å². The molecule has 0 spiro atoms. The number of nitrogens with zero attached hydrogens (tertiary/aromatic N) is 1. The first-order chi connectivity index (χ1) is 8.20. The molecule has 0 unspecified atom stereocenters. The topological polar surface area (TPSA) is 33.1 Å². The second-order valence-electron chi connectivity index (χ2n) is 3.30. The van der Waals surface area contributed by atoms with Gasteiger partial charge >= 0.3 is 0 Å². The number of aliphatic hydroxyl groups excluding tert-OH is 1. The molecule has 0 fully saturated rings. The minimum absolute atomic E-state index is 0.0446. The number of hydrogen-bond acceptors (Lipinski definition) is 3. The first-order valence-corrected chi connectivity index (χ1v) is 6.87. The van der Waals surface area contributed by atoms with E-state index in [0.29, 0.717) is 5.02 Å². The fourth-order valence-corrected chi connectivity index (χ4v) is 2.90. The Morgan fingerprint density at radius 3 is 2.82 bits per heavy atom. The van der Waals surface area contributed by atoms with Crippen molar-refractivity contribution in [1.82, 2.24) is 4.98 Å². The van der Waals surface area contributed by atoms with Gasteiger partial charge < -0.3 is 5.11 Å². The average molecular weight is 331 g/mol.